The highest BCUT2D eigenvalue weighted by Crippen LogP contribution is 2.26. The van der Waals surface area contributed by atoms with Gasteiger partial charge in [0.25, 0.3) is 5.91 Å². The van der Waals surface area contributed by atoms with Crippen molar-refractivity contribution in [1.82, 2.24) is 15.5 Å². The lowest BCUT2D eigenvalue weighted by Crippen LogP contribution is -2.35. The average molecular weight is 396 g/mol. The van der Waals surface area contributed by atoms with Crippen LogP contribution < -0.4 is 10.1 Å². The number of amides is 1. The van der Waals surface area contributed by atoms with Gasteiger partial charge in [0.05, 0.1) is 4.92 Å². The molecule has 0 radical (unpaired) electrons. The smallest absolute Gasteiger partial charge is 0.310 e. The molecule has 1 aromatic heterocycles. The van der Waals surface area contributed by atoms with Gasteiger partial charge in [-0.2, -0.15) is 4.98 Å². The third kappa shape index (κ3) is 4.95. The molecule has 3 aromatic rings. The number of nitrogens with zero attached hydrogens (tertiary/aromatic N) is 3. The summed E-state index contributed by atoms with van der Waals surface area (Å²) in [7, 11) is 0. The summed E-state index contributed by atoms with van der Waals surface area (Å²) in [5, 5.41) is 17.8. The zero-order valence-corrected chi connectivity index (χ0v) is 15.9. The molecule has 0 aliphatic heterocycles. The van der Waals surface area contributed by atoms with Gasteiger partial charge in [0.15, 0.2) is 12.4 Å². The lowest BCUT2D eigenvalue weighted by molar-refractivity contribution is -0.385. The van der Waals surface area contributed by atoms with Crippen molar-refractivity contribution in [3.05, 3.63) is 70.6 Å². The van der Waals surface area contributed by atoms with Crippen LogP contribution in [-0.4, -0.2) is 27.6 Å². The number of nitro benzene ring substituents is 1. The molecule has 0 saturated heterocycles. The minimum absolute atomic E-state index is 0.0258. The van der Waals surface area contributed by atoms with Gasteiger partial charge in [-0.1, -0.05) is 61.5 Å². The normalized spacial score (nSPS) is 11.8. The Morgan fingerprint density at radius 3 is 2.55 bits per heavy atom. The molecule has 3 rings (SSSR count). The highest BCUT2D eigenvalue weighted by atomic mass is 16.6. The Hall–Kier alpha value is -3.75. The summed E-state index contributed by atoms with van der Waals surface area (Å²) in [4.78, 5) is 27.2. The number of aromatic nitrogens is 2. The number of nitro groups is 1. The Kier molecular flexibility index (Phi) is 6.18. The molecule has 0 aliphatic rings. The van der Waals surface area contributed by atoms with Gasteiger partial charge >= 0.3 is 5.69 Å². The van der Waals surface area contributed by atoms with Crippen molar-refractivity contribution < 1.29 is 19.0 Å². The SMILES string of the molecule is CC(C)C(NC(=O)COc1ccccc1[N+](=O)[O-])c1nc(-c2ccccc2)no1. The monoisotopic (exact) mass is 396 g/mol. The van der Waals surface area contributed by atoms with Crippen LogP contribution in [0.5, 0.6) is 5.75 Å². The van der Waals surface area contributed by atoms with Crippen molar-refractivity contribution in [2.45, 2.75) is 19.9 Å². The zero-order chi connectivity index (χ0) is 20.8. The largest absolute Gasteiger partial charge is 0.477 e. The number of ether oxygens (including phenoxy) is 1. The van der Waals surface area contributed by atoms with Crippen LogP contribution in [0.1, 0.15) is 25.8 Å². The molecular formula is C20H20N4O5. The molecule has 0 spiro atoms. The number of carbonyl (C=O) groups is 1. The van der Waals surface area contributed by atoms with Crippen molar-refractivity contribution in [3.8, 4) is 17.1 Å². The lowest BCUT2D eigenvalue weighted by atomic mass is 10.0. The molecule has 1 N–H and O–H groups in total. The van der Waals surface area contributed by atoms with Gasteiger partial charge in [-0.25, -0.2) is 0 Å². The molecule has 0 fully saturated rings. The first-order chi connectivity index (χ1) is 14.0. The van der Waals surface area contributed by atoms with Crippen LogP contribution >= 0.6 is 0 Å². The van der Waals surface area contributed by atoms with E-state index in [1.54, 1.807) is 6.07 Å². The molecule has 1 heterocycles. The number of nitrogens with one attached hydrogen (secondary N) is 1. The van der Waals surface area contributed by atoms with Crippen molar-refractivity contribution in [1.29, 1.82) is 0 Å². The molecule has 2 aromatic carbocycles. The molecule has 1 atom stereocenters. The van der Waals surface area contributed by atoms with Gasteiger partial charge in [0.2, 0.25) is 11.7 Å². The Morgan fingerprint density at radius 2 is 1.86 bits per heavy atom. The van der Waals surface area contributed by atoms with Crippen LogP contribution in [0, 0.1) is 16.0 Å². The van der Waals surface area contributed by atoms with Crippen molar-refractivity contribution in [2.75, 3.05) is 6.61 Å². The second-order valence-electron chi connectivity index (χ2n) is 6.62. The van der Waals surface area contributed by atoms with E-state index in [-0.39, 0.29) is 29.9 Å². The van der Waals surface area contributed by atoms with E-state index in [2.05, 4.69) is 15.5 Å². The van der Waals surface area contributed by atoms with E-state index in [4.69, 9.17) is 9.26 Å². The van der Waals surface area contributed by atoms with Gasteiger partial charge < -0.3 is 14.6 Å². The molecule has 9 heteroatoms. The van der Waals surface area contributed by atoms with Gasteiger partial charge in [-0.3, -0.25) is 14.9 Å². The minimum Gasteiger partial charge on any atom is -0.477 e. The Morgan fingerprint density at radius 1 is 1.17 bits per heavy atom. The maximum absolute atomic E-state index is 12.4. The fourth-order valence-corrected chi connectivity index (χ4v) is 2.67. The van der Waals surface area contributed by atoms with Crippen molar-refractivity contribution in [2.24, 2.45) is 5.92 Å². The van der Waals surface area contributed by atoms with Gasteiger partial charge in [-0.15, -0.1) is 0 Å². The Labute approximate surface area is 166 Å². The second-order valence-corrected chi connectivity index (χ2v) is 6.62. The summed E-state index contributed by atoms with van der Waals surface area (Å²) in [5.41, 5.74) is 0.598. The Bertz CT molecular complexity index is 987. The maximum Gasteiger partial charge on any atom is 0.310 e. The van der Waals surface area contributed by atoms with Gasteiger partial charge in [-0.05, 0) is 12.0 Å². The Balaban J connectivity index is 1.68. The average Bonchev–Trinajstić information content (AvgIpc) is 3.21. The van der Waals surface area contributed by atoms with E-state index in [1.807, 2.05) is 44.2 Å². The highest BCUT2D eigenvalue weighted by molar-refractivity contribution is 5.78. The molecule has 0 aliphatic carbocycles. The fourth-order valence-electron chi connectivity index (χ4n) is 2.67. The van der Waals surface area contributed by atoms with Gasteiger partial charge in [0.1, 0.15) is 6.04 Å². The van der Waals surface area contributed by atoms with Crippen LogP contribution in [-0.2, 0) is 4.79 Å². The number of hydrogen-bond donors (Lipinski definition) is 1. The molecule has 9 nitrogen and oxygen atoms in total. The van der Waals surface area contributed by atoms with Crippen LogP contribution in [0.25, 0.3) is 11.4 Å². The summed E-state index contributed by atoms with van der Waals surface area (Å²) in [6.45, 7) is 3.42. The summed E-state index contributed by atoms with van der Waals surface area (Å²) in [6, 6.07) is 14.7. The van der Waals surface area contributed by atoms with Crippen LogP contribution in [0.4, 0.5) is 5.69 Å². The van der Waals surface area contributed by atoms with Crippen LogP contribution in [0.15, 0.2) is 59.1 Å². The number of rotatable bonds is 8. The fraction of sp³-hybridized carbons (Fsp3) is 0.250. The third-order valence-corrected chi connectivity index (χ3v) is 4.14. The molecule has 1 amide bonds. The number of benzene rings is 2. The van der Waals surface area contributed by atoms with E-state index >= 15 is 0 Å². The third-order valence-electron chi connectivity index (χ3n) is 4.14. The first-order valence-corrected chi connectivity index (χ1v) is 9.00. The summed E-state index contributed by atoms with van der Waals surface area (Å²) >= 11 is 0. The number of hydrogen-bond acceptors (Lipinski definition) is 7. The number of carbonyl (C=O) groups excluding carboxylic acids is 1. The summed E-state index contributed by atoms with van der Waals surface area (Å²) in [5.74, 6) is 0.239. The predicted molar refractivity (Wildman–Crippen MR) is 104 cm³/mol. The van der Waals surface area contributed by atoms with E-state index in [0.29, 0.717) is 5.82 Å². The minimum atomic E-state index is -0.562. The van der Waals surface area contributed by atoms with Gasteiger partial charge in [0, 0.05) is 11.6 Å². The van der Waals surface area contributed by atoms with E-state index in [9.17, 15) is 14.9 Å². The zero-order valence-electron chi connectivity index (χ0n) is 15.9. The molecule has 29 heavy (non-hydrogen) atoms. The maximum atomic E-state index is 12.4. The quantitative estimate of drug-likeness (QED) is 0.457. The topological polar surface area (TPSA) is 120 Å². The summed E-state index contributed by atoms with van der Waals surface area (Å²) < 4.78 is 10.7. The number of para-hydroxylation sites is 2. The van der Waals surface area contributed by atoms with E-state index in [0.717, 1.165) is 5.56 Å². The second kappa shape index (κ2) is 8.96. The molecular weight excluding hydrogens is 376 g/mol. The van der Waals surface area contributed by atoms with Crippen molar-refractivity contribution >= 4 is 11.6 Å². The van der Waals surface area contributed by atoms with Crippen LogP contribution in [0.2, 0.25) is 0 Å². The predicted octanol–water partition coefficient (Wildman–Crippen LogP) is 3.54. The first kappa shape index (κ1) is 20.0. The molecule has 0 bridgehead atoms. The van der Waals surface area contributed by atoms with Crippen LogP contribution in [0.3, 0.4) is 0 Å². The summed E-state index contributed by atoms with van der Waals surface area (Å²) in [6.07, 6.45) is 0. The van der Waals surface area contributed by atoms with Crippen molar-refractivity contribution in [3.63, 3.8) is 0 Å². The molecule has 1 unspecified atom stereocenters. The standard InChI is InChI=1S/C20H20N4O5/c1-13(2)18(20-22-19(23-29-20)14-8-4-3-5-9-14)21-17(25)12-28-16-11-7-6-10-15(16)24(26)27/h3-11,13,18H,12H2,1-2H3,(H,21,25). The molecule has 0 saturated carbocycles. The molecule has 150 valence electrons. The highest BCUT2D eigenvalue weighted by Gasteiger charge is 2.25. The first-order valence-electron chi connectivity index (χ1n) is 9.00. The lowest BCUT2D eigenvalue weighted by Gasteiger charge is -2.18. The van der Waals surface area contributed by atoms with E-state index < -0.39 is 16.9 Å². The van der Waals surface area contributed by atoms with E-state index in [1.165, 1.54) is 18.2 Å².